The number of anilines is 1. The Morgan fingerprint density at radius 1 is 1.07 bits per heavy atom. The number of aryl methyl sites for hydroxylation is 1. The average Bonchev–Trinajstić information content (AvgIpc) is 3.33. The molecule has 4 rings (SSSR count). The highest BCUT2D eigenvalue weighted by molar-refractivity contribution is 6.49. The van der Waals surface area contributed by atoms with Crippen molar-refractivity contribution in [3.8, 4) is 5.75 Å². The number of hydrogen-bond acceptors (Lipinski definition) is 9. The van der Waals surface area contributed by atoms with Crippen LogP contribution in [0.15, 0.2) is 34.7 Å². The van der Waals surface area contributed by atoms with Crippen LogP contribution in [0.25, 0.3) is 0 Å². The van der Waals surface area contributed by atoms with Gasteiger partial charge in [-0.2, -0.15) is 0 Å². The van der Waals surface area contributed by atoms with E-state index in [-0.39, 0.29) is 29.0 Å². The zero-order valence-corrected chi connectivity index (χ0v) is 23.8. The van der Waals surface area contributed by atoms with E-state index in [0.717, 1.165) is 0 Å². The van der Waals surface area contributed by atoms with Gasteiger partial charge in [0.15, 0.2) is 5.75 Å². The first-order chi connectivity index (χ1) is 18.8. The predicted octanol–water partition coefficient (Wildman–Crippen LogP) is 3.27. The number of aromatic hydroxyl groups is 1. The largest absolute Gasteiger partial charge is 0.505 e. The van der Waals surface area contributed by atoms with Crippen molar-refractivity contribution in [3.63, 3.8) is 0 Å². The number of furan rings is 1. The highest BCUT2D eigenvalue weighted by Crippen LogP contribution is 2.36. The van der Waals surface area contributed by atoms with E-state index in [0.29, 0.717) is 37.5 Å². The Morgan fingerprint density at radius 2 is 1.73 bits per heavy atom. The molecular weight excluding hydrogens is 516 g/mol. The van der Waals surface area contributed by atoms with E-state index in [1.165, 1.54) is 11.0 Å². The van der Waals surface area contributed by atoms with Crippen LogP contribution in [0.2, 0.25) is 0 Å². The quantitative estimate of drug-likeness (QED) is 0.347. The van der Waals surface area contributed by atoms with Gasteiger partial charge >= 0.3 is 6.09 Å². The monoisotopic (exact) mass is 554 g/mol. The van der Waals surface area contributed by atoms with Gasteiger partial charge in [0.2, 0.25) is 11.6 Å². The van der Waals surface area contributed by atoms with Crippen molar-refractivity contribution in [2.75, 3.05) is 32.5 Å². The van der Waals surface area contributed by atoms with Gasteiger partial charge in [0.05, 0.1) is 17.3 Å². The minimum absolute atomic E-state index is 0.0165. The minimum Gasteiger partial charge on any atom is -0.505 e. The topological polar surface area (TPSA) is 141 Å². The van der Waals surface area contributed by atoms with Gasteiger partial charge in [0.1, 0.15) is 29.2 Å². The molecule has 1 aliphatic carbocycles. The lowest BCUT2D eigenvalue weighted by atomic mass is 9.80. The highest BCUT2D eigenvalue weighted by atomic mass is 16.6. The zero-order valence-electron chi connectivity index (χ0n) is 23.8. The van der Waals surface area contributed by atoms with Gasteiger partial charge in [-0.15, -0.1) is 0 Å². The highest BCUT2D eigenvalue weighted by Gasteiger charge is 2.51. The number of ketones is 2. The first-order valence-electron chi connectivity index (χ1n) is 13.5. The lowest BCUT2D eigenvalue weighted by Gasteiger charge is -2.41. The number of amides is 2. The van der Waals surface area contributed by atoms with E-state index in [4.69, 9.17) is 9.15 Å². The fraction of sp³-hybridized carbons (Fsp3) is 0.517. The summed E-state index contributed by atoms with van der Waals surface area (Å²) in [6, 6.07) is 6.12. The van der Waals surface area contributed by atoms with Crippen LogP contribution < -0.4 is 10.6 Å². The Kier molecular flexibility index (Phi) is 8.25. The third-order valence-electron chi connectivity index (χ3n) is 7.21. The number of carbonyl (C=O) groups excluding carboxylic acids is 4. The zero-order chi connectivity index (χ0) is 29.4. The van der Waals surface area contributed by atoms with Crippen molar-refractivity contribution in [2.24, 2.45) is 5.92 Å². The molecule has 216 valence electrons. The van der Waals surface area contributed by atoms with Crippen LogP contribution in [0.5, 0.6) is 5.75 Å². The number of hydrogen-bond donors (Lipinski definition) is 3. The number of likely N-dealkylation sites (tertiary alicyclic amines) is 1. The molecule has 1 saturated heterocycles. The molecular formula is C29H38N4O7. The molecule has 2 heterocycles. The predicted molar refractivity (Wildman–Crippen MR) is 147 cm³/mol. The molecule has 1 saturated carbocycles. The summed E-state index contributed by atoms with van der Waals surface area (Å²) in [6.45, 7) is 8.28. The number of ether oxygens (including phenoxy) is 1. The van der Waals surface area contributed by atoms with Gasteiger partial charge in [-0.3, -0.25) is 19.7 Å². The number of Topliss-reactive ketones (excluding diaryl/α,β-unsaturated/α-hetero) is 2. The molecule has 2 aliphatic rings. The number of piperidine rings is 1. The van der Waals surface area contributed by atoms with Crippen molar-refractivity contribution in [3.05, 3.63) is 47.4 Å². The number of rotatable bonds is 7. The summed E-state index contributed by atoms with van der Waals surface area (Å²) >= 11 is 0. The third-order valence-corrected chi connectivity index (χ3v) is 7.21. The second-order valence-corrected chi connectivity index (χ2v) is 11.6. The van der Waals surface area contributed by atoms with Gasteiger partial charge < -0.3 is 29.4 Å². The smallest absolute Gasteiger partial charge is 0.410 e. The maximum absolute atomic E-state index is 12.8. The number of benzene rings is 1. The number of para-hydroxylation sites is 1. The Labute approximate surface area is 233 Å². The van der Waals surface area contributed by atoms with Gasteiger partial charge in [-0.05, 0) is 70.7 Å². The summed E-state index contributed by atoms with van der Waals surface area (Å²) < 4.78 is 11.5. The number of phenols is 1. The van der Waals surface area contributed by atoms with Gasteiger partial charge in [0.25, 0.3) is 5.91 Å². The summed E-state index contributed by atoms with van der Waals surface area (Å²) in [4.78, 5) is 53.4. The summed E-state index contributed by atoms with van der Waals surface area (Å²) in [7, 11) is 3.15. The van der Waals surface area contributed by atoms with Crippen molar-refractivity contribution >= 4 is 29.3 Å². The standard InChI is InChI=1S/C29H38N4O7/c1-16-10-11-20(39-16)21(17-12-14-33(15-13-17)28(38)40-29(2,3)4)31-23-22(25(35)26(23)36)30-19-9-7-8-18(24(19)34)27(37)32(5)6/h7-11,17,21-23,30-31,34H,12-15H2,1-6H3. The van der Waals surface area contributed by atoms with Gasteiger partial charge in [-0.1, -0.05) is 6.07 Å². The molecule has 3 unspecified atom stereocenters. The van der Waals surface area contributed by atoms with Crippen molar-refractivity contribution < 1.29 is 33.4 Å². The molecule has 0 radical (unpaired) electrons. The van der Waals surface area contributed by atoms with Crippen molar-refractivity contribution in [1.29, 1.82) is 0 Å². The number of phenolic OH excluding ortho intramolecular Hbond substituents is 1. The normalized spacial score (nSPS) is 20.6. The molecule has 40 heavy (non-hydrogen) atoms. The van der Waals surface area contributed by atoms with E-state index in [1.54, 1.807) is 31.1 Å². The summed E-state index contributed by atoms with van der Waals surface area (Å²) in [5.74, 6) is -0.501. The number of nitrogens with zero attached hydrogens (tertiary/aromatic N) is 2. The van der Waals surface area contributed by atoms with Crippen LogP contribution in [0.3, 0.4) is 0 Å². The molecule has 0 bridgehead atoms. The summed E-state index contributed by atoms with van der Waals surface area (Å²) in [6.07, 6.45) is 0.918. The molecule has 1 aliphatic heterocycles. The summed E-state index contributed by atoms with van der Waals surface area (Å²) in [5.41, 5.74) is -0.323. The van der Waals surface area contributed by atoms with Gasteiger partial charge in [-0.25, -0.2) is 4.79 Å². The van der Waals surface area contributed by atoms with Crippen LogP contribution in [0, 0.1) is 12.8 Å². The second-order valence-electron chi connectivity index (χ2n) is 11.6. The van der Waals surface area contributed by atoms with E-state index in [2.05, 4.69) is 10.6 Å². The molecule has 3 atom stereocenters. The Hall–Kier alpha value is -3.86. The van der Waals surface area contributed by atoms with Crippen molar-refractivity contribution in [1.82, 2.24) is 15.1 Å². The molecule has 1 aromatic heterocycles. The van der Waals surface area contributed by atoms with E-state index >= 15 is 0 Å². The van der Waals surface area contributed by atoms with Crippen LogP contribution >= 0.6 is 0 Å². The Morgan fingerprint density at radius 3 is 2.30 bits per heavy atom. The van der Waals surface area contributed by atoms with Gasteiger partial charge in [0, 0.05) is 27.2 Å². The molecule has 11 nitrogen and oxygen atoms in total. The molecule has 2 amide bonds. The molecule has 2 aromatic rings. The number of carbonyl (C=O) groups is 4. The second kappa shape index (κ2) is 11.3. The fourth-order valence-electron chi connectivity index (χ4n) is 5.08. The first kappa shape index (κ1) is 29.1. The fourth-order valence-corrected chi connectivity index (χ4v) is 5.08. The Balaban J connectivity index is 1.51. The molecule has 3 N–H and O–H groups in total. The third kappa shape index (κ3) is 6.14. The van der Waals surface area contributed by atoms with Crippen LogP contribution in [0.4, 0.5) is 10.5 Å². The average molecular weight is 555 g/mol. The first-order valence-corrected chi connectivity index (χ1v) is 13.5. The van der Waals surface area contributed by atoms with Crippen LogP contribution in [-0.4, -0.2) is 83.3 Å². The molecule has 1 aromatic carbocycles. The lowest BCUT2D eigenvalue weighted by molar-refractivity contribution is -0.146. The van der Waals surface area contributed by atoms with E-state index in [9.17, 15) is 24.3 Å². The van der Waals surface area contributed by atoms with Crippen molar-refractivity contribution in [2.45, 2.75) is 64.3 Å². The summed E-state index contributed by atoms with van der Waals surface area (Å²) in [5, 5.41) is 17.0. The maximum Gasteiger partial charge on any atom is 0.410 e. The SMILES string of the molecule is Cc1ccc(C(NC2C(=O)C(=O)C2Nc2cccc(C(=O)N(C)C)c2O)C2CCN(C(=O)OC(C)(C)C)CC2)o1. The van der Waals surface area contributed by atoms with Crippen LogP contribution in [-0.2, 0) is 14.3 Å². The lowest BCUT2D eigenvalue weighted by Crippen LogP contribution is -2.68. The molecule has 0 spiro atoms. The molecule has 11 heteroatoms. The van der Waals surface area contributed by atoms with E-state index in [1.807, 2.05) is 39.8 Å². The Bertz CT molecular complexity index is 1290. The van der Waals surface area contributed by atoms with Crippen LogP contribution in [0.1, 0.15) is 61.5 Å². The van der Waals surface area contributed by atoms with E-state index < -0.39 is 41.2 Å². The minimum atomic E-state index is -0.941. The molecule has 2 fully saturated rings. The maximum atomic E-state index is 12.8. The number of nitrogens with one attached hydrogen (secondary N) is 2.